The quantitative estimate of drug-likeness (QED) is 0.604. The zero-order valence-electron chi connectivity index (χ0n) is 6.11. The van der Waals surface area contributed by atoms with Gasteiger partial charge in [0.2, 0.25) is 0 Å². The molecule has 60 valence electrons. The van der Waals surface area contributed by atoms with Gasteiger partial charge in [0.1, 0.15) is 0 Å². The Bertz CT molecular complexity index is 339. The maximum Gasteiger partial charge on any atom is 0.175 e. The normalized spacial score (nSPS) is 11.5. The molecule has 0 bridgehead atoms. The summed E-state index contributed by atoms with van der Waals surface area (Å²) < 4.78 is 21.9. The van der Waals surface area contributed by atoms with Crippen molar-refractivity contribution in [2.45, 2.75) is 4.90 Å². The molecule has 0 aliphatic carbocycles. The molecule has 0 aliphatic rings. The van der Waals surface area contributed by atoms with Crippen LogP contribution < -0.4 is 5.30 Å². The second-order valence-corrected chi connectivity index (χ2v) is 5.02. The zero-order valence-corrected chi connectivity index (χ0v) is 8.08. The molecule has 1 atom stereocenters. The van der Waals surface area contributed by atoms with E-state index >= 15 is 0 Å². The summed E-state index contributed by atoms with van der Waals surface area (Å²) in [5.41, 5.74) is 0. The van der Waals surface area contributed by atoms with Gasteiger partial charge in [0.05, 0.1) is 4.90 Å². The number of rotatable bonds is 1. The van der Waals surface area contributed by atoms with Crippen LogP contribution >= 0.6 is 9.24 Å². The van der Waals surface area contributed by atoms with Crippen LogP contribution in [0.3, 0.4) is 0 Å². The minimum absolute atomic E-state index is 0.365. The van der Waals surface area contributed by atoms with Gasteiger partial charge in [0, 0.05) is 6.26 Å². The first-order valence-electron chi connectivity index (χ1n) is 3.06. The molecular weight excluding hydrogens is 179 g/mol. The summed E-state index contributed by atoms with van der Waals surface area (Å²) in [7, 11) is -0.531. The molecule has 0 amide bonds. The highest BCUT2D eigenvalue weighted by atomic mass is 32.2. The Labute approximate surface area is 68.8 Å². The van der Waals surface area contributed by atoms with E-state index in [1.807, 2.05) is 0 Å². The van der Waals surface area contributed by atoms with Gasteiger partial charge in [-0.3, -0.25) is 0 Å². The highest BCUT2D eigenvalue weighted by molar-refractivity contribution is 7.90. The third-order valence-electron chi connectivity index (χ3n) is 1.31. The lowest BCUT2D eigenvalue weighted by Crippen LogP contribution is -1.98. The monoisotopic (exact) mass is 188 g/mol. The van der Waals surface area contributed by atoms with Crippen molar-refractivity contribution in [2.24, 2.45) is 0 Å². The molecule has 0 fully saturated rings. The van der Waals surface area contributed by atoms with E-state index in [4.69, 9.17) is 0 Å². The standard InChI is InChI=1S/C7H9O2PS/c1-11(8,9)7-4-2-6(10)3-5-7/h2-5H,10H2,1H3. The Hall–Kier alpha value is -0.400. The zero-order chi connectivity index (χ0) is 8.48. The molecule has 0 N–H and O–H groups in total. The Kier molecular flexibility index (Phi) is 2.31. The van der Waals surface area contributed by atoms with Crippen molar-refractivity contribution in [2.75, 3.05) is 6.26 Å². The van der Waals surface area contributed by atoms with Crippen molar-refractivity contribution < 1.29 is 8.42 Å². The van der Waals surface area contributed by atoms with E-state index in [1.54, 1.807) is 24.3 Å². The fraction of sp³-hybridized carbons (Fsp3) is 0.143. The molecule has 1 aromatic rings. The largest absolute Gasteiger partial charge is 0.224 e. The van der Waals surface area contributed by atoms with Crippen molar-refractivity contribution in [1.82, 2.24) is 0 Å². The van der Waals surface area contributed by atoms with E-state index in [0.29, 0.717) is 4.90 Å². The van der Waals surface area contributed by atoms with Gasteiger partial charge in [-0.1, -0.05) is 12.1 Å². The molecular formula is C7H9O2PS. The third kappa shape index (κ3) is 2.28. The van der Waals surface area contributed by atoms with Crippen LogP contribution in [0.25, 0.3) is 0 Å². The van der Waals surface area contributed by atoms with Crippen LogP contribution in [0.5, 0.6) is 0 Å². The molecule has 0 aromatic heterocycles. The van der Waals surface area contributed by atoms with Gasteiger partial charge in [0.15, 0.2) is 9.84 Å². The molecule has 1 unspecified atom stereocenters. The lowest BCUT2D eigenvalue weighted by molar-refractivity contribution is 0.602. The minimum Gasteiger partial charge on any atom is -0.224 e. The van der Waals surface area contributed by atoms with Crippen molar-refractivity contribution in [1.29, 1.82) is 0 Å². The van der Waals surface area contributed by atoms with E-state index in [2.05, 4.69) is 9.24 Å². The van der Waals surface area contributed by atoms with Crippen LogP contribution in [0.2, 0.25) is 0 Å². The smallest absolute Gasteiger partial charge is 0.175 e. The Balaban J connectivity index is 3.20. The van der Waals surface area contributed by atoms with Crippen molar-refractivity contribution in [3.63, 3.8) is 0 Å². The highest BCUT2D eigenvalue weighted by Gasteiger charge is 2.04. The fourth-order valence-corrected chi connectivity index (χ4v) is 1.54. The SMILES string of the molecule is CS(=O)(=O)c1ccc(P)cc1. The molecule has 2 nitrogen and oxygen atoms in total. The molecule has 0 spiro atoms. The summed E-state index contributed by atoms with van der Waals surface area (Å²) in [5.74, 6) is 0. The van der Waals surface area contributed by atoms with Gasteiger partial charge in [0.25, 0.3) is 0 Å². The summed E-state index contributed by atoms with van der Waals surface area (Å²) in [6.07, 6.45) is 1.20. The average molecular weight is 188 g/mol. The lowest BCUT2D eigenvalue weighted by Gasteiger charge is -1.96. The van der Waals surface area contributed by atoms with Crippen LogP contribution in [0.15, 0.2) is 29.2 Å². The molecule has 0 saturated carbocycles. The number of hydrogen-bond donors (Lipinski definition) is 0. The van der Waals surface area contributed by atoms with Gasteiger partial charge in [-0.25, -0.2) is 8.42 Å². The van der Waals surface area contributed by atoms with Gasteiger partial charge in [-0.15, -0.1) is 9.24 Å². The van der Waals surface area contributed by atoms with Gasteiger partial charge < -0.3 is 0 Å². The van der Waals surface area contributed by atoms with Crippen LogP contribution in [0.4, 0.5) is 0 Å². The predicted octanol–water partition coefficient (Wildman–Crippen LogP) is 0.591. The number of sulfone groups is 1. The second kappa shape index (κ2) is 2.92. The second-order valence-electron chi connectivity index (χ2n) is 2.34. The molecule has 1 aromatic carbocycles. The summed E-state index contributed by atoms with van der Waals surface area (Å²) in [6.45, 7) is 0. The minimum atomic E-state index is -3.03. The van der Waals surface area contributed by atoms with Crippen molar-refractivity contribution in [3.05, 3.63) is 24.3 Å². The third-order valence-corrected chi connectivity index (χ3v) is 2.82. The van der Waals surface area contributed by atoms with E-state index in [1.165, 1.54) is 6.26 Å². The van der Waals surface area contributed by atoms with Gasteiger partial charge in [-0.2, -0.15) is 0 Å². The lowest BCUT2D eigenvalue weighted by atomic mass is 10.4. The van der Waals surface area contributed by atoms with E-state index < -0.39 is 9.84 Å². The summed E-state index contributed by atoms with van der Waals surface area (Å²) >= 11 is 0. The topological polar surface area (TPSA) is 34.1 Å². The molecule has 4 heteroatoms. The Morgan fingerprint density at radius 3 is 2.00 bits per heavy atom. The van der Waals surface area contributed by atoms with Crippen LogP contribution in [-0.2, 0) is 9.84 Å². The van der Waals surface area contributed by atoms with Crippen LogP contribution in [0.1, 0.15) is 0 Å². The summed E-state index contributed by atoms with van der Waals surface area (Å²) in [6, 6.07) is 6.69. The van der Waals surface area contributed by atoms with Crippen LogP contribution in [0, 0.1) is 0 Å². The van der Waals surface area contributed by atoms with E-state index in [9.17, 15) is 8.42 Å². The highest BCUT2D eigenvalue weighted by Crippen LogP contribution is 2.06. The van der Waals surface area contributed by atoms with E-state index in [0.717, 1.165) is 5.30 Å². The maximum absolute atomic E-state index is 10.9. The summed E-state index contributed by atoms with van der Waals surface area (Å²) in [4.78, 5) is 0.365. The Morgan fingerprint density at radius 2 is 1.64 bits per heavy atom. The number of benzene rings is 1. The van der Waals surface area contributed by atoms with Gasteiger partial charge >= 0.3 is 0 Å². The molecule has 0 heterocycles. The van der Waals surface area contributed by atoms with Crippen molar-refractivity contribution in [3.8, 4) is 0 Å². The first-order chi connectivity index (χ1) is 5.00. The first kappa shape index (κ1) is 8.69. The number of hydrogen-bond acceptors (Lipinski definition) is 2. The van der Waals surface area contributed by atoms with Crippen molar-refractivity contribution >= 4 is 24.4 Å². The average Bonchev–Trinajstić information content (AvgIpc) is 1.86. The maximum atomic E-state index is 10.9. The fourth-order valence-electron chi connectivity index (χ4n) is 0.715. The molecule has 1 rings (SSSR count). The summed E-state index contributed by atoms with van der Waals surface area (Å²) in [5, 5.41) is 0.984. The molecule has 0 radical (unpaired) electrons. The predicted molar refractivity (Wildman–Crippen MR) is 48.9 cm³/mol. The molecule has 11 heavy (non-hydrogen) atoms. The van der Waals surface area contributed by atoms with Gasteiger partial charge in [-0.05, 0) is 17.4 Å². The van der Waals surface area contributed by atoms with Crippen LogP contribution in [-0.4, -0.2) is 14.7 Å². The Morgan fingerprint density at radius 1 is 1.18 bits per heavy atom. The van der Waals surface area contributed by atoms with E-state index in [-0.39, 0.29) is 0 Å². The molecule has 0 saturated heterocycles. The molecule has 0 aliphatic heterocycles. The first-order valence-corrected chi connectivity index (χ1v) is 5.52.